The van der Waals surface area contributed by atoms with Gasteiger partial charge >= 0.3 is 0 Å². The van der Waals surface area contributed by atoms with Crippen LogP contribution >= 0.6 is 11.8 Å². The minimum Gasteiger partial charge on any atom is -0.497 e. The summed E-state index contributed by atoms with van der Waals surface area (Å²) in [5.74, 6) is 0.812. The maximum Gasteiger partial charge on any atom is 0.234 e. The molecule has 8 heteroatoms. The Balaban J connectivity index is 1.69. The molecule has 3 aromatic rings. The number of rotatable bonds is 6. The highest BCUT2D eigenvalue weighted by Gasteiger charge is 2.13. The number of hydrogen-bond acceptors (Lipinski definition) is 6. The second-order valence-electron chi connectivity index (χ2n) is 5.68. The predicted molar refractivity (Wildman–Crippen MR) is 101 cm³/mol. The number of carbonyl (C=O) groups is 1. The molecule has 1 heterocycles. The van der Waals surface area contributed by atoms with Gasteiger partial charge in [0, 0.05) is 11.8 Å². The van der Waals surface area contributed by atoms with Crippen LogP contribution in [-0.2, 0) is 4.79 Å². The van der Waals surface area contributed by atoms with Crippen molar-refractivity contribution in [2.24, 2.45) is 0 Å². The third-order valence-corrected chi connectivity index (χ3v) is 4.74. The van der Waals surface area contributed by atoms with E-state index < -0.39 is 0 Å². The second kappa shape index (κ2) is 8.01. The van der Waals surface area contributed by atoms with Crippen LogP contribution < -0.4 is 10.1 Å². The number of hydrogen-bond donors (Lipinski definition) is 1. The van der Waals surface area contributed by atoms with E-state index in [1.165, 1.54) is 11.8 Å². The molecule has 0 atom stereocenters. The Morgan fingerprint density at radius 3 is 2.65 bits per heavy atom. The molecule has 1 amide bonds. The molecule has 0 saturated carbocycles. The number of nitrogens with zero attached hydrogens (tertiary/aromatic N) is 4. The first kappa shape index (κ1) is 17.9. The zero-order chi connectivity index (χ0) is 18.5. The third-order valence-electron chi connectivity index (χ3n) is 3.82. The average Bonchev–Trinajstić information content (AvgIpc) is 3.12. The van der Waals surface area contributed by atoms with Crippen molar-refractivity contribution in [3.05, 3.63) is 53.6 Å². The Kier molecular flexibility index (Phi) is 5.52. The first-order valence-electron chi connectivity index (χ1n) is 8.00. The molecule has 0 saturated heterocycles. The monoisotopic (exact) mass is 369 g/mol. The summed E-state index contributed by atoms with van der Waals surface area (Å²) in [5, 5.41) is 15.2. The van der Waals surface area contributed by atoms with Crippen LogP contribution in [0.5, 0.6) is 5.75 Å². The van der Waals surface area contributed by atoms with Gasteiger partial charge in [0.15, 0.2) is 0 Å². The summed E-state index contributed by atoms with van der Waals surface area (Å²) in [5.41, 5.74) is 3.69. The molecule has 134 valence electrons. The summed E-state index contributed by atoms with van der Waals surface area (Å²) < 4.78 is 6.81. The smallest absolute Gasteiger partial charge is 0.234 e. The van der Waals surface area contributed by atoms with Gasteiger partial charge in [0.25, 0.3) is 0 Å². The fraction of sp³-hybridized carbons (Fsp3) is 0.222. The Morgan fingerprint density at radius 1 is 1.19 bits per heavy atom. The van der Waals surface area contributed by atoms with Crippen molar-refractivity contribution in [3.63, 3.8) is 0 Å². The summed E-state index contributed by atoms with van der Waals surface area (Å²) in [7, 11) is 1.60. The zero-order valence-electron chi connectivity index (χ0n) is 14.8. The molecule has 0 radical (unpaired) electrons. The van der Waals surface area contributed by atoms with E-state index in [1.807, 2.05) is 56.3 Å². The number of anilines is 1. The molecule has 2 aromatic carbocycles. The summed E-state index contributed by atoms with van der Waals surface area (Å²) in [6, 6.07) is 13.3. The number of tetrazole rings is 1. The van der Waals surface area contributed by atoms with Gasteiger partial charge in [-0.1, -0.05) is 36.0 Å². The molecule has 0 bridgehead atoms. The van der Waals surface area contributed by atoms with Gasteiger partial charge in [0.1, 0.15) is 5.75 Å². The van der Waals surface area contributed by atoms with Crippen molar-refractivity contribution in [2.45, 2.75) is 19.0 Å². The van der Waals surface area contributed by atoms with Crippen molar-refractivity contribution >= 4 is 23.4 Å². The predicted octanol–water partition coefficient (Wildman–Crippen LogP) is 3.02. The Morgan fingerprint density at radius 2 is 1.92 bits per heavy atom. The van der Waals surface area contributed by atoms with Crippen molar-refractivity contribution in [1.82, 2.24) is 20.2 Å². The average molecular weight is 369 g/mol. The highest BCUT2D eigenvalue weighted by atomic mass is 32.2. The van der Waals surface area contributed by atoms with E-state index in [9.17, 15) is 4.79 Å². The van der Waals surface area contributed by atoms with Gasteiger partial charge in [-0.3, -0.25) is 4.79 Å². The lowest BCUT2D eigenvalue weighted by molar-refractivity contribution is -0.113. The van der Waals surface area contributed by atoms with Crippen LogP contribution in [0.15, 0.2) is 47.6 Å². The molecule has 1 aromatic heterocycles. The van der Waals surface area contributed by atoms with E-state index in [0.717, 1.165) is 22.5 Å². The van der Waals surface area contributed by atoms with Crippen molar-refractivity contribution in [3.8, 4) is 11.4 Å². The Labute approximate surface area is 155 Å². The van der Waals surface area contributed by atoms with Gasteiger partial charge in [0.05, 0.1) is 18.6 Å². The number of nitrogens with one attached hydrogen (secondary N) is 1. The second-order valence-corrected chi connectivity index (χ2v) is 6.62. The maximum atomic E-state index is 12.3. The summed E-state index contributed by atoms with van der Waals surface area (Å²) >= 11 is 1.28. The number of methoxy groups -OCH3 is 1. The minimum atomic E-state index is -0.104. The molecule has 0 aliphatic carbocycles. The lowest BCUT2D eigenvalue weighted by atomic mass is 10.1. The number of aryl methyl sites for hydroxylation is 2. The lowest BCUT2D eigenvalue weighted by Gasteiger charge is -2.11. The highest BCUT2D eigenvalue weighted by molar-refractivity contribution is 7.99. The highest BCUT2D eigenvalue weighted by Crippen LogP contribution is 2.23. The SMILES string of the molecule is COc1cccc(-n2nnnc2SCC(=O)Nc2c(C)cccc2C)c1. The Bertz CT molecular complexity index is 905. The van der Waals surface area contributed by atoms with Crippen molar-refractivity contribution in [2.75, 3.05) is 18.2 Å². The molecule has 0 fully saturated rings. The first-order valence-corrected chi connectivity index (χ1v) is 8.98. The number of carbonyl (C=O) groups excluding carboxylic acids is 1. The van der Waals surface area contributed by atoms with Gasteiger partial charge in [-0.2, -0.15) is 4.68 Å². The van der Waals surface area contributed by atoms with E-state index in [2.05, 4.69) is 20.8 Å². The number of benzene rings is 2. The minimum absolute atomic E-state index is 0.104. The van der Waals surface area contributed by atoms with Gasteiger partial charge in [-0.15, -0.1) is 5.10 Å². The topological polar surface area (TPSA) is 81.9 Å². The van der Waals surface area contributed by atoms with Crippen LogP contribution in [0.3, 0.4) is 0 Å². The van der Waals surface area contributed by atoms with Gasteiger partial charge in [0.2, 0.25) is 11.1 Å². The van der Waals surface area contributed by atoms with Crippen LogP contribution in [0.4, 0.5) is 5.69 Å². The number of amides is 1. The van der Waals surface area contributed by atoms with Crippen LogP contribution in [-0.4, -0.2) is 39.0 Å². The van der Waals surface area contributed by atoms with Crippen LogP contribution in [0, 0.1) is 13.8 Å². The lowest BCUT2D eigenvalue weighted by Crippen LogP contribution is -2.16. The van der Waals surface area contributed by atoms with Gasteiger partial charge < -0.3 is 10.1 Å². The van der Waals surface area contributed by atoms with E-state index in [1.54, 1.807) is 11.8 Å². The normalized spacial score (nSPS) is 10.6. The molecular weight excluding hydrogens is 350 g/mol. The van der Waals surface area contributed by atoms with Crippen molar-refractivity contribution in [1.29, 1.82) is 0 Å². The van der Waals surface area contributed by atoms with Gasteiger partial charge in [-0.25, -0.2) is 0 Å². The zero-order valence-corrected chi connectivity index (χ0v) is 15.6. The summed E-state index contributed by atoms with van der Waals surface area (Å²) in [6.45, 7) is 3.94. The maximum absolute atomic E-state index is 12.3. The van der Waals surface area contributed by atoms with Crippen LogP contribution in [0.1, 0.15) is 11.1 Å². The number of thioether (sulfide) groups is 1. The van der Waals surface area contributed by atoms with Gasteiger partial charge in [-0.05, 0) is 47.5 Å². The molecule has 0 spiro atoms. The molecular formula is C18H19N5O2S. The van der Waals surface area contributed by atoms with Crippen LogP contribution in [0.25, 0.3) is 5.69 Å². The summed E-state index contributed by atoms with van der Waals surface area (Å²) in [4.78, 5) is 12.3. The number of ether oxygens (including phenoxy) is 1. The molecule has 0 aliphatic rings. The molecule has 26 heavy (non-hydrogen) atoms. The number of para-hydroxylation sites is 1. The van der Waals surface area contributed by atoms with Crippen molar-refractivity contribution < 1.29 is 9.53 Å². The van der Waals surface area contributed by atoms with E-state index in [4.69, 9.17) is 4.74 Å². The molecule has 7 nitrogen and oxygen atoms in total. The molecule has 0 unspecified atom stereocenters. The van der Waals surface area contributed by atoms with E-state index in [0.29, 0.717) is 10.9 Å². The fourth-order valence-corrected chi connectivity index (χ4v) is 3.18. The van der Waals surface area contributed by atoms with E-state index >= 15 is 0 Å². The first-order chi connectivity index (χ1) is 12.6. The third kappa shape index (κ3) is 4.02. The fourth-order valence-electron chi connectivity index (χ4n) is 2.49. The largest absolute Gasteiger partial charge is 0.497 e. The number of aromatic nitrogens is 4. The molecule has 3 rings (SSSR count). The van der Waals surface area contributed by atoms with E-state index in [-0.39, 0.29) is 11.7 Å². The molecule has 0 aliphatic heterocycles. The summed E-state index contributed by atoms with van der Waals surface area (Å²) in [6.07, 6.45) is 0. The van der Waals surface area contributed by atoms with Crippen LogP contribution in [0.2, 0.25) is 0 Å². The standard InChI is InChI=1S/C18H19N5O2S/c1-12-6-4-7-13(2)17(12)19-16(24)11-26-18-20-21-22-23(18)14-8-5-9-15(10-14)25-3/h4-10H,11H2,1-3H3,(H,19,24). The molecule has 1 N–H and O–H groups in total. The quantitative estimate of drug-likeness (QED) is 0.673. The Hall–Kier alpha value is -2.87.